The molecule has 0 bridgehead atoms. The van der Waals surface area contributed by atoms with Crippen molar-refractivity contribution in [3.63, 3.8) is 0 Å². The Morgan fingerprint density at radius 2 is 0.815 bits per heavy atom. The van der Waals surface area contributed by atoms with Crippen molar-refractivity contribution in [2.45, 2.75) is 91.0 Å². The Hall–Kier alpha value is 0.840. The van der Waals surface area contributed by atoms with Crippen LogP contribution in [0.5, 0.6) is 0 Å². The van der Waals surface area contributed by atoms with Crippen LogP contribution in [0.15, 0.2) is 87.6 Å². The fourth-order valence-electron chi connectivity index (χ4n) is 6.78. The highest BCUT2D eigenvalue weighted by Gasteiger charge is 2.39. The smallest absolute Gasteiger partial charge is 0.124 e. The van der Waals surface area contributed by atoms with Crippen LogP contribution < -0.4 is 0 Å². The molecular formula is C39H44Br8O7. The van der Waals surface area contributed by atoms with Crippen LogP contribution >= 0.6 is 127 Å². The predicted molar refractivity (Wildman–Crippen MR) is 242 cm³/mol. The summed E-state index contributed by atoms with van der Waals surface area (Å²) in [4.78, 5) is 0.0455. The van der Waals surface area contributed by atoms with Crippen LogP contribution in [0.25, 0.3) is 0 Å². The van der Waals surface area contributed by atoms with Gasteiger partial charge in [-0.1, -0.05) is 114 Å². The number of halogens is 8. The Bertz CT molecular complexity index is 1610. The van der Waals surface area contributed by atoms with Crippen molar-refractivity contribution in [1.29, 1.82) is 0 Å². The molecule has 2 heterocycles. The van der Waals surface area contributed by atoms with Crippen molar-refractivity contribution in [3.05, 3.63) is 87.6 Å². The maximum absolute atomic E-state index is 11.0. The molecule has 0 aromatic carbocycles. The molecule has 0 spiro atoms. The summed E-state index contributed by atoms with van der Waals surface area (Å²) in [6.45, 7) is 11.9. The van der Waals surface area contributed by atoms with Crippen molar-refractivity contribution >= 4 is 127 Å². The van der Waals surface area contributed by atoms with E-state index < -0.39 is 6.10 Å². The molecule has 0 aromatic heterocycles. The van der Waals surface area contributed by atoms with Gasteiger partial charge >= 0.3 is 0 Å². The summed E-state index contributed by atoms with van der Waals surface area (Å²) in [6, 6.07) is 0. The van der Waals surface area contributed by atoms with Crippen LogP contribution in [0.4, 0.5) is 0 Å². The first kappa shape index (κ1) is 44.4. The maximum atomic E-state index is 11.0. The van der Waals surface area contributed by atoms with Crippen molar-refractivity contribution in [2.75, 3.05) is 39.6 Å². The van der Waals surface area contributed by atoms with Gasteiger partial charge in [-0.05, 0) is 114 Å². The van der Waals surface area contributed by atoms with Gasteiger partial charge in [0.15, 0.2) is 0 Å². The van der Waals surface area contributed by atoms with E-state index in [9.17, 15) is 5.11 Å². The molecule has 2 saturated heterocycles. The Morgan fingerprint density at radius 3 is 1.06 bits per heavy atom. The van der Waals surface area contributed by atoms with Crippen molar-refractivity contribution in [1.82, 2.24) is 0 Å². The summed E-state index contributed by atoms with van der Waals surface area (Å²) in [5, 5.41) is 11.0. The van der Waals surface area contributed by atoms with E-state index in [4.69, 9.17) is 28.4 Å². The lowest BCUT2D eigenvalue weighted by Gasteiger charge is -2.38. The number of aliphatic hydroxyl groups is 1. The molecule has 2 aliphatic heterocycles. The van der Waals surface area contributed by atoms with Gasteiger partial charge in [-0.2, -0.15) is 0 Å². The van der Waals surface area contributed by atoms with Crippen LogP contribution in [0, 0.1) is 10.8 Å². The van der Waals surface area contributed by atoms with Crippen LogP contribution in [0.1, 0.15) is 53.4 Å². The molecule has 6 aliphatic rings. The second kappa shape index (κ2) is 18.6. The highest BCUT2D eigenvalue weighted by molar-refractivity contribution is 9.12. The monoisotopic (exact) mass is 1260 g/mol. The van der Waals surface area contributed by atoms with Gasteiger partial charge in [-0.3, -0.25) is 0 Å². The zero-order valence-electron chi connectivity index (χ0n) is 30.3. The molecule has 54 heavy (non-hydrogen) atoms. The molecule has 0 radical (unpaired) electrons. The largest absolute Gasteiger partial charge is 0.493 e. The number of epoxide rings is 2. The van der Waals surface area contributed by atoms with Gasteiger partial charge in [0.25, 0.3) is 0 Å². The molecular weight excluding hydrogens is 1220 g/mol. The molecule has 4 aliphatic carbocycles. The van der Waals surface area contributed by atoms with E-state index in [0.717, 1.165) is 79.9 Å². The minimum absolute atomic E-state index is 0.0552. The van der Waals surface area contributed by atoms with E-state index in [1.807, 2.05) is 0 Å². The highest BCUT2D eigenvalue weighted by atomic mass is 79.9. The zero-order chi connectivity index (χ0) is 39.1. The third-order valence-electron chi connectivity index (χ3n) is 10.6. The topological polar surface area (TPSA) is 82.2 Å². The zero-order valence-corrected chi connectivity index (χ0v) is 43.0. The van der Waals surface area contributed by atoms with Gasteiger partial charge in [-0.25, -0.2) is 0 Å². The second-order valence-corrected chi connectivity index (χ2v) is 23.1. The third kappa shape index (κ3) is 10.8. The van der Waals surface area contributed by atoms with E-state index in [1.54, 1.807) is 0 Å². The van der Waals surface area contributed by atoms with Crippen LogP contribution in [-0.4, -0.2) is 82.4 Å². The van der Waals surface area contributed by atoms with E-state index in [1.165, 1.54) is 22.3 Å². The molecule has 6 atom stereocenters. The predicted octanol–water partition coefficient (Wildman–Crippen LogP) is 12.1. The lowest BCUT2D eigenvalue weighted by atomic mass is 9.71. The maximum Gasteiger partial charge on any atom is 0.124 e. The molecule has 1 N–H and O–H groups in total. The fourth-order valence-corrected chi connectivity index (χ4v) is 13.6. The van der Waals surface area contributed by atoms with E-state index >= 15 is 0 Å². The number of ether oxygens (including phenoxy) is 6. The average Bonchev–Trinajstić information content (AvgIpc) is 4.03. The Labute approximate surface area is 385 Å². The SMILES string of the molecule is CC(C)(C1=CC(Br)=C(OCC(O)COC2=C(Br)C=C(C(C)(C)C3=CC(Br)=C(OCC4CO4)C(Br)C3)CC2Br)C(Br)C1)C1=CC(Br)=C(OCC2CO2)C(Br)C1. The average molecular weight is 1260 g/mol. The molecule has 2 fully saturated rings. The number of aliphatic hydroxyl groups excluding tert-OH is 1. The van der Waals surface area contributed by atoms with Gasteiger partial charge in [0.1, 0.15) is 67.8 Å². The summed E-state index contributed by atoms with van der Waals surface area (Å²) in [5.74, 6) is 3.35. The quantitative estimate of drug-likeness (QED) is 0.122. The molecule has 7 nitrogen and oxygen atoms in total. The number of rotatable bonds is 16. The van der Waals surface area contributed by atoms with Gasteiger partial charge in [0.2, 0.25) is 0 Å². The molecule has 6 rings (SSSR count). The van der Waals surface area contributed by atoms with Crippen molar-refractivity contribution in [2.24, 2.45) is 10.8 Å². The van der Waals surface area contributed by atoms with Gasteiger partial charge in [0, 0.05) is 10.8 Å². The van der Waals surface area contributed by atoms with E-state index in [2.05, 4.69) is 179 Å². The Balaban J connectivity index is 1.05. The molecule has 15 heteroatoms. The molecule has 0 saturated carbocycles. The number of alkyl halides is 4. The van der Waals surface area contributed by atoms with Gasteiger partial charge in [-0.15, -0.1) is 0 Å². The van der Waals surface area contributed by atoms with Crippen molar-refractivity contribution in [3.8, 4) is 0 Å². The van der Waals surface area contributed by atoms with Crippen LogP contribution in [0.2, 0.25) is 0 Å². The Kier molecular flexibility index (Phi) is 15.3. The van der Waals surface area contributed by atoms with Gasteiger partial charge < -0.3 is 33.5 Å². The normalized spacial score (nSPS) is 29.7. The molecule has 298 valence electrons. The summed E-state index contributed by atoms with van der Waals surface area (Å²) in [7, 11) is 0. The minimum atomic E-state index is -0.834. The first-order chi connectivity index (χ1) is 25.4. The second-order valence-electron chi connectivity index (χ2n) is 15.3. The highest BCUT2D eigenvalue weighted by Crippen LogP contribution is 2.51. The first-order valence-electron chi connectivity index (χ1n) is 17.9. The number of hydrogen-bond acceptors (Lipinski definition) is 7. The Morgan fingerprint density at radius 1 is 0.556 bits per heavy atom. The fraction of sp³-hybridized carbons (Fsp3) is 0.590. The van der Waals surface area contributed by atoms with Gasteiger partial charge in [0.05, 0.1) is 50.5 Å². The van der Waals surface area contributed by atoms with Crippen LogP contribution in [0.3, 0.4) is 0 Å². The third-order valence-corrected chi connectivity index (χ3v) is 16.0. The minimum Gasteiger partial charge on any atom is -0.493 e. The molecule has 6 unspecified atom stereocenters. The lowest BCUT2D eigenvalue weighted by molar-refractivity contribution is 0.0153. The molecule has 0 aromatic rings. The summed E-state index contributed by atoms with van der Waals surface area (Å²) in [6.07, 6.45) is 11.5. The standard InChI is InChI=1S/C39H44Br8O7/c1-38(2,21-9-30(44)36(31(45)10-21)53-17-24-15-49-24)19-5-26(40)34(27(41)6-19)51-13-23(48)14-52-35-28(42)7-20(8-29(35)43)39(3,4)22-11-32(46)37(33(47)12-22)54-18-25-16-50-25/h5,7,9,11,23-25,27,29,31,33,48H,6,8,10,12-18H2,1-4H3. The van der Waals surface area contributed by atoms with Crippen molar-refractivity contribution < 1.29 is 33.5 Å². The van der Waals surface area contributed by atoms with Crippen LogP contribution in [-0.2, 0) is 28.4 Å². The summed E-state index contributed by atoms with van der Waals surface area (Å²) in [5.41, 5.74) is 4.73. The van der Waals surface area contributed by atoms with E-state index in [0.29, 0.717) is 13.2 Å². The summed E-state index contributed by atoms with van der Waals surface area (Å²) >= 11 is 30.5. The first-order valence-corrected chi connectivity index (χ1v) is 24.7. The summed E-state index contributed by atoms with van der Waals surface area (Å²) < 4.78 is 38.8. The number of allylic oxidation sites excluding steroid dienone is 16. The lowest BCUT2D eigenvalue weighted by Crippen LogP contribution is -2.29. The van der Waals surface area contributed by atoms with E-state index in [-0.39, 0.29) is 55.6 Å². The number of hydrogen-bond donors (Lipinski definition) is 1. The molecule has 0 amide bonds.